The Morgan fingerprint density at radius 1 is 1.15 bits per heavy atom. The van der Waals surface area contributed by atoms with E-state index in [9.17, 15) is 9.59 Å². The molecule has 172 valence electrons. The van der Waals surface area contributed by atoms with Gasteiger partial charge < -0.3 is 9.88 Å². The number of carbonyl (C=O) groups excluding carboxylic acids is 2. The lowest BCUT2D eigenvalue weighted by Crippen LogP contribution is -2.36. The van der Waals surface area contributed by atoms with Gasteiger partial charge in [-0.2, -0.15) is 0 Å². The lowest BCUT2D eigenvalue weighted by atomic mass is 10.1. The second-order valence-electron chi connectivity index (χ2n) is 8.58. The molecule has 1 aliphatic rings. The Hall–Kier alpha value is -3.12. The van der Waals surface area contributed by atoms with Gasteiger partial charge in [-0.05, 0) is 56.4 Å². The van der Waals surface area contributed by atoms with Crippen LogP contribution in [0.15, 0.2) is 54.6 Å². The third-order valence-electron chi connectivity index (χ3n) is 6.06. The van der Waals surface area contributed by atoms with E-state index >= 15 is 0 Å². The van der Waals surface area contributed by atoms with Gasteiger partial charge in [0, 0.05) is 36.6 Å². The molecule has 0 saturated carbocycles. The molecule has 6 nitrogen and oxygen atoms in total. The highest BCUT2D eigenvalue weighted by Crippen LogP contribution is 2.27. The summed E-state index contributed by atoms with van der Waals surface area (Å²) in [5.74, 6) is 0.796. The van der Waals surface area contributed by atoms with Gasteiger partial charge >= 0.3 is 0 Å². The number of hydrogen-bond donors (Lipinski definition) is 1. The van der Waals surface area contributed by atoms with Crippen LogP contribution in [0.25, 0.3) is 0 Å². The number of carbonyl (C=O) groups is 2. The van der Waals surface area contributed by atoms with Crippen LogP contribution in [0.2, 0.25) is 5.02 Å². The van der Waals surface area contributed by atoms with Crippen molar-refractivity contribution in [2.75, 3.05) is 11.9 Å². The number of imidazole rings is 1. The summed E-state index contributed by atoms with van der Waals surface area (Å²) in [7, 11) is 1.66. The van der Waals surface area contributed by atoms with E-state index in [0.717, 1.165) is 44.5 Å². The van der Waals surface area contributed by atoms with E-state index in [0.29, 0.717) is 22.1 Å². The first kappa shape index (κ1) is 23.1. The number of rotatable bonds is 7. The minimum absolute atomic E-state index is 0.0192. The molecule has 7 heteroatoms. The quantitative estimate of drug-likeness (QED) is 0.540. The topological polar surface area (TPSA) is 67.2 Å². The summed E-state index contributed by atoms with van der Waals surface area (Å²) in [5, 5.41) is 3.62. The Morgan fingerprint density at radius 3 is 2.70 bits per heavy atom. The van der Waals surface area contributed by atoms with Gasteiger partial charge in [0.1, 0.15) is 5.82 Å². The minimum Gasteiger partial charge on any atom is -0.348 e. The number of benzene rings is 2. The van der Waals surface area contributed by atoms with Crippen molar-refractivity contribution in [2.45, 2.75) is 51.6 Å². The molecular formula is C26H29ClN4O2. The summed E-state index contributed by atoms with van der Waals surface area (Å²) in [6.07, 6.45) is 4.51. The van der Waals surface area contributed by atoms with Crippen molar-refractivity contribution in [3.8, 4) is 0 Å². The fraction of sp³-hybridized carbons (Fsp3) is 0.346. The maximum atomic E-state index is 13.4. The molecule has 0 fully saturated rings. The highest BCUT2D eigenvalue weighted by molar-refractivity contribution is 6.31. The SMILES string of the molecule is CC(CCc1ccccc1)NC(=O)c1c(N(C)C(=O)c2cccc(Cl)c2)nc2n1CCCC2. The highest BCUT2D eigenvalue weighted by atomic mass is 35.5. The molecule has 2 aromatic carbocycles. The van der Waals surface area contributed by atoms with Crippen LogP contribution in [0.3, 0.4) is 0 Å². The third-order valence-corrected chi connectivity index (χ3v) is 6.29. The van der Waals surface area contributed by atoms with Gasteiger partial charge in [0.05, 0.1) is 0 Å². The number of anilines is 1. The highest BCUT2D eigenvalue weighted by Gasteiger charge is 2.30. The Balaban J connectivity index is 1.56. The largest absolute Gasteiger partial charge is 0.348 e. The lowest BCUT2D eigenvalue weighted by molar-refractivity contribution is 0.0928. The van der Waals surface area contributed by atoms with E-state index < -0.39 is 0 Å². The van der Waals surface area contributed by atoms with E-state index in [1.807, 2.05) is 29.7 Å². The molecule has 1 aromatic heterocycles. The van der Waals surface area contributed by atoms with Crippen LogP contribution in [-0.2, 0) is 19.4 Å². The van der Waals surface area contributed by atoms with E-state index in [2.05, 4.69) is 17.4 Å². The number of aromatic nitrogens is 2. The Kier molecular flexibility index (Phi) is 7.14. The zero-order valence-corrected chi connectivity index (χ0v) is 19.8. The molecule has 3 aromatic rings. The Bertz CT molecular complexity index is 1140. The van der Waals surface area contributed by atoms with Crippen LogP contribution in [0.4, 0.5) is 5.82 Å². The van der Waals surface area contributed by atoms with Crippen LogP contribution >= 0.6 is 11.6 Å². The van der Waals surface area contributed by atoms with Crippen LogP contribution in [0.5, 0.6) is 0 Å². The summed E-state index contributed by atoms with van der Waals surface area (Å²) in [6.45, 7) is 2.73. The fourth-order valence-electron chi connectivity index (χ4n) is 4.23. The number of nitrogens with one attached hydrogen (secondary N) is 1. The van der Waals surface area contributed by atoms with Gasteiger partial charge in [-0.25, -0.2) is 4.98 Å². The molecule has 2 heterocycles. The molecule has 0 aliphatic carbocycles. The number of fused-ring (bicyclic) bond motifs is 1. The predicted octanol–water partition coefficient (Wildman–Crippen LogP) is 4.90. The Morgan fingerprint density at radius 2 is 1.94 bits per heavy atom. The summed E-state index contributed by atoms with van der Waals surface area (Å²) < 4.78 is 1.97. The van der Waals surface area contributed by atoms with Crippen LogP contribution in [-0.4, -0.2) is 34.5 Å². The van der Waals surface area contributed by atoms with Gasteiger partial charge in [0.25, 0.3) is 11.8 Å². The third kappa shape index (κ3) is 5.28. The first-order valence-electron chi connectivity index (χ1n) is 11.4. The molecule has 0 bridgehead atoms. The smallest absolute Gasteiger partial charge is 0.272 e. The van der Waals surface area contributed by atoms with Crippen molar-refractivity contribution < 1.29 is 9.59 Å². The maximum absolute atomic E-state index is 13.4. The van der Waals surface area contributed by atoms with Gasteiger partial charge in [0.15, 0.2) is 11.5 Å². The molecule has 33 heavy (non-hydrogen) atoms. The van der Waals surface area contributed by atoms with Crippen LogP contribution in [0, 0.1) is 0 Å². The summed E-state index contributed by atoms with van der Waals surface area (Å²) in [4.78, 5) is 32.7. The molecule has 1 atom stereocenters. The van der Waals surface area contributed by atoms with Crippen molar-refractivity contribution in [1.29, 1.82) is 0 Å². The first-order valence-corrected chi connectivity index (χ1v) is 11.8. The fourth-order valence-corrected chi connectivity index (χ4v) is 4.42. The number of nitrogens with zero attached hydrogens (tertiary/aromatic N) is 3. The van der Waals surface area contributed by atoms with Gasteiger partial charge in [-0.1, -0.05) is 48.0 Å². The summed E-state index contributed by atoms with van der Waals surface area (Å²) >= 11 is 6.08. The maximum Gasteiger partial charge on any atom is 0.272 e. The number of aryl methyl sites for hydroxylation is 2. The van der Waals surface area contributed by atoms with Gasteiger partial charge in [-0.3, -0.25) is 14.5 Å². The predicted molar refractivity (Wildman–Crippen MR) is 131 cm³/mol. The second-order valence-corrected chi connectivity index (χ2v) is 9.02. The molecule has 4 rings (SSSR count). The van der Waals surface area contributed by atoms with Crippen molar-refractivity contribution in [2.24, 2.45) is 0 Å². The zero-order chi connectivity index (χ0) is 23.4. The molecule has 1 N–H and O–H groups in total. The van der Waals surface area contributed by atoms with E-state index in [4.69, 9.17) is 16.6 Å². The monoisotopic (exact) mass is 464 g/mol. The molecule has 2 amide bonds. The minimum atomic E-state index is -0.251. The Labute approximate surface area is 199 Å². The molecular weight excluding hydrogens is 436 g/mol. The molecule has 0 saturated heterocycles. The van der Waals surface area contributed by atoms with Crippen molar-refractivity contribution in [3.05, 3.63) is 82.3 Å². The van der Waals surface area contributed by atoms with E-state index in [1.54, 1.807) is 31.3 Å². The summed E-state index contributed by atoms with van der Waals surface area (Å²) in [6, 6.07) is 17.0. The van der Waals surface area contributed by atoms with Crippen molar-refractivity contribution in [3.63, 3.8) is 0 Å². The number of hydrogen-bond acceptors (Lipinski definition) is 3. The average molecular weight is 465 g/mol. The normalized spacial score (nSPS) is 13.8. The molecule has 1 unspecified atom stereocenters. The van der Waals surface area contributed by atoms with Crippen LogP contribution in [0.1, 0.15) is 58.4 Å². The van der Waals surface area contributed by atoms with E-state index in [1.165, 1.54) is 10.5 Å². The zero-order valence-electron chi connectivity index (χ0n) is 19.1. The van der Waals surface area contributed by atoms with Gasteiger partial charge in [0.2, 0.25) is 0 Å². The first-order chi connectivity index (χ1) is 15.9. The molecule has 0 spiro atoms. The van der Waals surface area contributed by atoms with Crippen molar-refractivity contribution >= 4 is 29.2 Å². The number of amides is 2. The van der Waals surface area contributed by atoms with E-state index in [-0.39, 0.29) is 17.9 Å². The summed E-state index contributed by atoms with van der Waals surface area (Å²) in [5.41, 5.74) is 2.15. The second kappa shape index (κ2) is 10.2. The number of halogens is 1. The molecule has 0 radical (unpaired) electrons. The van der Waals surface area contributed by atoms with Crippen molar-refractivity contribution in [1.82, 2.24) is 14.9 Å². The lowest BCUT2D eigenvalue weighted by Gasteiger charge is -2.20. The standard InChI is InChI=1S/C26H29ClN4O2/c1-18(14-15-19-9-4-3-5-10-19)28-25(32)23-24(29-22-13-6-7-16-31(22)23)30(2)26(33)20-11-8-12-21(27)17-20/h3-5,8-12,17-18H,6-7,13-16H2,1-2H3,(H,28,32). The van der Waals surface area contributed by atoms with Crippen LogP contribution < -0.4 is 10.2 Å². The average Bonchev–Trinajstić information content (AvgIpc) is 3.22. The van der Waals surface area contributed by atoms with Gasteiger partial charge in [-0.15, -0.1) is 0 Å². The molecule has 1 aliphatic heterocycles.